The van der Waals surface area contributed by atoms with Crippen molar-refractivity contribution in [2.75, 3.05) is 0 Å². The molecule has 0 atom stereocenters. The summed E-state index contributed by atoms with van der Waals surface area (Å²) in [6.07, 6.45) is 0. The summed E-state index contributed by atoms with van der Waals surface area (Å²) in [6.45, 7) is -4.86. The molecule has 0 bridgehead atoms. The molecule has 0 saturated heterocycles. The van der Waals surface area contributed by atoms with Crippen LogP contribution in [0.25, 0.3) is 5.69 Å². The molecule has 2 aromatic carbocycles. The number of hydrogen-bond acceptors (Lipinski definition) is 3. The predicted octanol–water partition coefficient (Wildman–Crippen LogP) is 3.58. The molecule has 3 aromatic rings. The lowest BCUT2D eigenvalue weighted by Crippen LogP contribution is -2.08. The Morgan fingerprint density at radius 1 is 1.18 bits per heavy atom. The summed E-state index contributed by atoms with van der Waals surface area (Å²) in [4.78, 5) is 4.28. The van der Waals surface area contributed by atoms with Gasteiger partial charge in [-0.15, -0.1) is 10.2 Å². The van der Waals surface area contributed by atoms with E-state index in [4.69, 9.17) is 18.5 Å². The smallest absolute Gasteiger partial charge is 0.159 e. The van der Waals surface area contributed by atoms with Crippen molar-refractivity contribution < 1.29 is 6.85 Å². The van der Waals surface area contributed by atoms with Crippen LogP contribution in [-0.4, -0.2) is 20.5 Å². The van der Waals surface area contributed by atoms with E-state index >= 15 is 0 Å². The van der Waals surface area contributed by atoms with Gasteiger partial charge in [-0.05, 0) is 25.1 Å². The van der Waals surface area contributed by atoms with Gasteiger partial charge in [-0.3, -0.25) is 9.56 Å². The Hall–Kier alpha value is -2.46. The minimum Gasteiger partial charge on any atom is -0.281 e. The number of benzene rings is 2. The third kappa shape index (κ3) is 2.04. The molecule has 0 spiro atoms. The number of halogens is 1. The largest absolute Gasteiger partial charge is 0.281 e. The third-order valence-corrected chi connectivity index (χ3v) is 3.67. The fourth-order valence-corrected chi connectivity index (χ4v) is 2.63. The van der Waals surface area contributed by atoms with Gasteiger partial charge in [0.05, 0.1) is 14.1 Å². The predicted molar refractivity (Wildman–Crippen MR) is 86.9 cm³/mol. The number of hydrogen-bond donors (Lipinski definition) is 0. The number of nitrogens with zero attached hydrogens (tertiary/aromatic N) is 4. The highest BCUT2D eigenvalue weighted by molar-refractivity contribution is 6.31. The van der Waals surface area contributed by atoms with Crippen molar-refractivity contribution in [2.45, 2.75) is 13.3 Å². The van der Waals surface area contributed by atoms with E-state index in [1.165, 1.54) is 4.57 Å². The molecular weight excluding hydrogens is 296 g/mol. The van der Waals surface area contributed by atoms with E-state index in [1.54, 1.807) is 30.3 Å². The normalized spacial score (nSPS) is 19.3. The molecule has 1 aliphatic heterocycles. The minimum atomic E-state index is -2.57. The molecule has 0 radical (unpaired) electrons. The highest BCUT2D eigenvalue weighted by atomic mass is 35.5. The van der Waals surface area contributed by atoms with Gasteiger partial charge < -0.3 is 0 Å². The second-order valence-electron chi connectivity index (χ2n) is 4.78. The SMILES string of the molecule is [2H]C([2H])([2H])c1nnc2n1-c1ccc(Cl)cc1C(c1ccccc1)=NC2([2H])[2H]. The monoisotopic (exact) mass is 313 g/mol. The molecule has 0 amide bonds. The number of aryl methyl sites for hydroxylation is 1. The van der Waals surface area contributed by atoms with Crippen molar-refractivity contribution in [1.82, 2.24) is 14.8 Å². The molecular formula is C17H13ClN4. The minimum absolute atomic E-state index is 0.192. The molecule has 0 unspecified atom stereocenters. The first-order valence-electron chi connectivity index (χ1n) is 9.10. The zero-order chi connectivity index (χ0) is 19.4. The molecule has 108 valence electrons. The van der Waals surface area contributed by atoms with Crippen LogP contribution in [0, 0.1) is 6.85 Å². The molecule has 1 aliphatic rings. The van der Waals surface area contributed by atoms with Crippen LogP contribution in [0.2, 0.25) is 5.02 Å². The van der Waals surface area contributed by atoms with E-state index in [0.717, 1.165) is 0 Å². The summed E-state index contributed by atoms with van der Waals surface area (Å²) < 4.78 is 41.3. The topological polar surface area (TPSA) is 43.1 Å². The molecule has 4 nitrogen and oxygen atoms in total. The van der Waals surface area contributed by atoms with Crippen LogP contribution in [0.3, 0.4) is 0 Å². The van der Waals surface area contributed by atoms with Gasteiger partial charge in [0.25, 0.3) is 0 Å². The Labute approximate surface area is 140 Å². The van der Waals surface area contributed by atoms with Crippen molar-refractivity contribution in [3.8, 4) is 5.69 Å². The van der Waals surface area contributed by atoms with Crippen LogP contribution in [-0.2, 0) is 6.50 Å². The molecule has 0 N–H and O–H groups in total. The van der Waals surface area contributed by atoms with E-state index < -0.39 is 13.3 Å². The Bertz CT molecular complexity index is 1060. The van der Waals surface area contributed by atoms with E-state index in [1.807, 2.05) is 18.2 Å². The van der Waals surface area contributed by atoms with Crippen molar-refractivity contribution in [2.24, 2.45) is 4.99 Å². The van der Waals surface area contributed by atoms with Gasteiger partial charge in [-0.2, -0.15) is 0 Å². The maximum atomic E-state index is 8.41. The fraction of sp³-hybridized carbons (Fsp3) is 0.118. The van der Waals surface area contributed by atoms with Crippen LogP contribution < -0.4 is 0 Å². The lowest BCUT2D eigenvalue weighted by atomic mass is 10.0. The quantitative estimate of drug-likeness (QED) is 0.689. The summed E-state index contributed by atoms with van der Waals surface area (Å²) in [5.74, 6) is -0.516. The molecule has 2 heterocycles. The van der Waals surface area contributed by atoms with Crippen molar-refractivity contribution in [3.05, 3.63) is 76.3 Å². The van der Waals surface area contributed by atoms with Crippen LogP contribution in [0.5, 0.6) is 0 Å². The zero-order valence-electron chi connectivity index (χ0n) is 16.3. The van der Waals surface area contributed by atoms with E-state index in [2.05, 4.69) is 15.2 Å². The van der Waals surface area contributed by atoms with Crippen LogP contribution in [0.1, 0.15) is 29.6 Å². The molecule has 22 heavy (non-hydrogen) atoms. The van der Waals surface area contributed by atoms with E-state index in [9.17, 15) is 0 Å². The van der Waals surface area contributed by atoms with Gasteiger partial charge in [-0.1, -0.05) is 41.9 Å². The third-order valence-electron chi connectivity index (χ3n) is 3.43. The molecule has 4 rings (SSSR count). The van der Waals surface area contributed by atoms with Crippen molar-refractivity contribution >= 4 is 17.3 Å². The highest BCUT2D eigenvalue weighted by Crippen LogP contribution is 2.27. The Morgan fingerprint density at radius 2 is 2.05 bits per heavy atom. The van der Waals surface area contributed by atoms with Crippen LogP contribution in [0.4, 0.5) is 0 Å². The summed E-state index contributed by atoms with van der Waals surface area (Å²) in [5, 5.41) is 7.98. The second kappa shape index (κ2) is 5.07. The summed E-state index contributed by atoms with van der Waals surface area (Å²) >= 11 is 6.18. The molecule has 0 fully saturated rings. The standard InChI is InChI=1S/C17H13ClN4/c1-11-20-21-16-10-19-17(12-5-3-2-4-6-12)14-9-13(18)7-8-15(14)22(11)16/h2-9H,10H2,1H3/i1D3,10D2. The molecule has 1 aromatic heterocycles. The Balaban J connectivity index is 2.10. The van der Waals surface area contributed by atoms with Gasteiger partial charge in [0, 0.05) is 20.3 Å². The van der Waals surface area contributed by atoms with Gasteiger partial charge in [-0.25, -0.2) is 0 Å². The Kier molecular flexibility index (Phi) is 2.04. The summed E-state index contributed by atoms with van der Waals surface area (Å²) in [6, 6.07) is 13.9. The average molecular weight is 314 g/mol. The van der Waals surface area contributed by atoms with E-state index in [-0.39, 0.29) is 11.6 Å². The fourth-order valence-electron chi connectivity index (χ4n) is 2.46. The summed E-state index contributed by atoms with van der Waals surface area (Å²) in [7, 11) is 0. The first-order chi connectivity index (χ1) is 12.7. The van der Waals surface area contributed by atoms with Crippen LogP contribution in [0.15, 0.2) is 53.5 Å². The highest BCUT2D eigenvalue weighted by Gasteiger charge is 2.21. The van der Waals surface area contributed by atoms with Gasteiger partial charge >= 0.3 is 0 Å². The lowest BCUT2D eigenvalue weighted by Gasteiger charge is -2.12. The Morgan fingerprint density at radius 3 is 2.86 bits per heavy atom. The van der Waals surface area contributed by atoms with Crippen molar-refractivity contribution in [3.63, 3.8) is 0 Å². The van der Waals surface area contributed by atoms with Gasteiger partial charge in [0.2, 0.25) is 0 Å². The molecule has 0 saturated carbocycles. The van der Waals surface area contributed by atoms with Crippen LogP contribution >= 0.6 is 11.6 Å². The van der Waals surface area contributed by atoms with E-state index in [0.29, 0.717) is 27.5 Å². The number of aromatic nitrogens is 3. The first kappa shape index (κ1) is 8.86. The molecule has 5 heteroatoms. The second-order valence-corrected chi connectivity index (χ2v) is 5.22. The maximum Gasteiger partial charge on any atom is 0.159 e. The number of fused-ring (bicyclic) bond motifs is 3. The van der Waals surface area contributed by atoms with Gasteiger partial charge in [0.15, 0.2) is 5.82 Å². The number of aliphatic imine (C=N–C) groups is 1. The molecule has 0 aliphatic carbocycles. The van der Waals surface area contributed by atoms with Gasteiger partial charge in [0.1, 0.15) is 12.3 Å². The average Bonchev–Trinajstić information content (AvgIpc) is 3.03. The first-order valence-corrected chi connectivity index (χ1v) is 6.98. The zero-order valence-corrected chi connectivity index (χ0v) is 12.0. The number of rotatable bonds is 1. The lowest BCUT2D eigenvalue weighted by molar-refractivity contribution is 0.862. The van der Waals surface area contributed by atoms with Crippen molar-refractivity contribution in [1.29, 1.82) is 0 Å². The maximum absolute atomic E-state index is 8.41. The summed E-state index contributed by atoms with van der Waals surface area (Å²) in [5.41, 5.74) is 1.95.